The Morgan fingerprint density at radius 3 is 2.80 bits per heavy atom. The molecule has 0 bridgehead atoms. The van der Waals surface area contributed by atoms with Crippen molar-refractivity contribution < 1.29 is 4.79 Å². The van der Waals surface area contributed by atoms with E-state index < -0.39 is 0 Å². The Balaban J connectivity index is 2.03. The van der Waals surface area contributed by atoms with E-state index in [0.29, 0.717) is 28.2 Å². The lowest BCUT2D eigenvalue weighted by atomic mass is 10.1. The van der Waals surface area contributed by atoms with Gasteiger partial charge in [0, 0.05) is 36.3 Å². The van der Waals surface area contributed by atoms with E-state index in [0.717, 1.165) is 26.1 Å². The van der Waals surface area contributed by atoms with Gasteiger partial charge in [0.1, 0.15) is 0 Å². The number of rotatable bonds is 4. The summed E-state index contributed by atoms with van der Waals surface area (Å²) < 4.78 is 0. The second-order valence-corrected chi connectivity index (χ2v) is 6.17. The van der Waals surface area contributed by atoms with E-state index >= 15 is 0 Å². The monoisotopic (exact) mass is 314 g/mol. The molecule has 0 radical (unpaired) electrons. The molecule has 110 valence electrons. The summed E-state index contributed by atoms with van der Waals surface area (Å²) in [7, 11) is 2.14. The molecule has 1 fully saturated rings. The van der Waals surface area contributed by atoms with Crippen LogP contribution >= 0.6 is 23.2 Å². The number of carbonyl (C=O) groups excluding carboxylic acids is 1. The Bertz CT molecular complexity index is 493. The number of hydrogen-bond acceptors (Lipinski definition) is 3. The van der Waals surface area contributed by atoms with Gasteiger partial charge in [-0.25, -0.2) is 0 Å². The smallest absolute Gasteiger partial charge is 0.178 e. The van der Waals surface area contributed by atoms with Crippen molar-refractivity contribution in [3.05, 3.63) is 33.8 Å². The fourth-order valence-electron chi connectivity index (χ4n) is 2.59. The molecule has 1 aromatic rings. The standard InChI is InChI=1S/C15H20Cl2N2O/c1-3-12-9-19(7-6-18(12)2)10-15(20)13-8-11(16)4-5-14(13)17/h4-5,8,12H,3,6-7,9-10H2,1-2H3. The van der Waals surface area contributed by atoms with Crippen LogP contribution in [0.2, 0.25) is 10.0 Å². The first kappa shape index (κ1) is 15.8. The van der Waals surface area contributed by atoms with Gasteiger partial charge in [-0.2, -0.15) is 0 Å². The molecular formula is C15H20Cl2N2O. The highest BCUT2D eigenvalue weighted by atomic mass is 35.5. The summed E-state index contributed by atoms with van der Waals surface area (Å²) in [6, 6.07) is 5.55. The Kier molecular flexibility index (Phi) is 5.44. The van der Waals surface area contributed by atoms with Crippen LogP contribution in [-0.4, -0.2) is 54.9 Å². The summed E-state index contributed by atoms with van der Waals surface area (Å²) in [5.74, 6) is 0.0388. The minimum Gasteiger partial charge on any atom is -0.301 e. The molecule has 1 aromatic carbocycles. The van der Waals surface area contributed by atoms with E-state index in [-0.39, 0.29) is 5.78 Å². The molecule has 0 aromatic heterocycles. The highest BCUT2D eigenvalue weighted by molar-refractivity contribution is 6.36. The summed E-state index contributed by atoms with van der Waals surface area (Å²) in [5.41, 5.74) is 0.520. The van der Waals surface area contributed by atoms with Crippen LogP contribution in [0.4, 0.5) is 0 Å². The van der Waals surface area contributed by atoms with Crippen LogP contribution in [0.1, 0.15) is 23.7 Å². The Hall–Kier alpha value is -0.610. The van der Waals surface area contributed by atoms with Crippen molar-refractivity contribution >= 4 is 29.0 Å². The average molecular weight is 315 g/mol. The van der Waals surface area contributed by atoms with Crippen molar-refractivity contribution in [3.8, 4) is 0 Å². The van der Waals surface area contributed by atoms with Gasteiger partial charge < -0.3 is 4.90 Å². The van der Waals surface area contributed by atoms with Gasteiger partial charge in [0.05, 0.1) is 11.6 Å². The van der Waals surface area contributed by atoms with Crippen molar-refractivity contribution in [2.24, 2.45) is 0 Å². The third-order valence-electron chi connectivity index (χ3n) is 3.93. The first-order chi connectivity index (χ1) is 9.51. The van der Waals surface area contributed by atoms with Gasteiger partial charge in [0.15, 0.2) is 5.78 Å². The zero-order valence-corrected chi connectivity index (χ0v) is 13.4. The first-order valence-electron chi connectivity index (χ1n) is 6.92. The third kappa shape index (κ3) is 3.73. The molecule has 1 aliphatic heterocycles. The topological polar surface area (TPSA) is 23.6 Å². The highest BCUT2D eigenvalue weighted by Gasteiger charge is 2.25. The van der Waals surface area contributed by atoms with E-state index in [9.17, 15) is 4.79 Å². The molecule has 0 N–H and O–H groups in total. The maximum absolute atomic E-state index is 12.4. The molecule has 1 unspecified atom stereocenters. The normalized spacial score (nSPS) is 21.1. The van der Waals surface area contributed by atoms with Gasteiger partial charge in [0.2, 0.25) is 0 Å². The molecule has 1 aliphatic rings. The first-order valence-corrected chi connectivity index (χ1v) is 7.67. The molecule has 1 saturated heterocycles. The van der Waals surface area contributed by atoms with Gasteiger partial charge in [-0.15, -0.1) is 0 Å². The lowest BCUT2D eigenvalue weighted by Crippen LogP contribution is -2.52. The second-order valence-electron chi connectivity index (χ2n) is 5.33. The maximum Gasteiger partial charge on any atom is 0.178 e. The van der Waals surface area contributed by atoms with Crippen molar-refractivity contribution in [2.45, 2.75) is 19.4 Å². The van der Waals surface area contributed by atoms with E-state index in [1.54, 1.807) is 18.2 Å². The predicted octanol–water partition coefficient (Wildman–Crippen LogP) is 3.20. The van der Waals surface area contributed by atoms with Crippen LogP contribution in [0.3, 0.4) is 0 Å². The fourth-order valence-corrected chi connectivity index (χ4v) is 2.99. The van der Waals surface area contributed by atoms with E-state index in [1.807, 2.05) is 0 Å². The average Bonchev–Trinajstić information content (AvgIpc) is 2.43. The van der Waals surface area contributed by atoms with Crippen LogP contribution in [-0.2, 0) is 0 Å². The number of carbonyl (C=O) groups is 1. The Morgan fingerprint density at radius 1 is 1.35 bits per heavy atom. The number of hydrogen-bond donors (Lipinski definition) is 0. The van der Waals surface area contributed by atoms with Crippen LogP contribution in [0.25, 0.3) is 0 Å². The second kappa shape index (κ2) is 6.90. The van der Waals surface area contributed by atoms with Crippen molar-refractivity contribution in [1.29, 1.82) is 0 Å². The molecule has 2 rings (SSSR count). The minimum atomic E-state index is 0.0388. The van der Waals surface area contributed by atoms with E-state index in [4.69, 9.17) is 23.2 Å². The van der Waals surface area contributed by atoms with Crippen LogP contribution in [0, 0.1) is 0 Å². The van der Waals surface area contributed by atoms with Crippen LogP contribution in [0.15, 0.2) is 18.2 Å². The number of halogens is 2. The quantitative estimate of drug-likeness (QED) is 0.797. The molecule has 20 heavy (non-hydrogen) atoms. The molecule has 3 nitrogen and oxygen atoms in total. The number of piperazine rings is 1. The molecule has 1 atom stereocenters. The summed E-state index contributed by atoms with van der Waals surface area (Å²) in [4.78, 5) is 16.9. The Morgan fingerprint density at radius 2 is 2.10 bits per heavy atom. The summed E-state index contributed by atoms with van der Waals surface area (Å²) in [6.07, 6.45) is 1.10. The van der Waals surface area contributed by atoms with Gasteiger partial charge in [-0.05, 0) is 31.7 Å². The predicted molar refractivity (Wildman–Crippen MR) is 83.9 cm³/mol. The number of likely N-dealkylation sites (N-methyl/N-ethyl adjacent to an activating group) is 1. The molecule has 0 aliphatic carbocycles. The summed E-state index contributed by atoms with van der Waals surface area (Å²) in [6.45, 7) is 5.42. The van der Waals surface area contributed by atoms with Crippen LogP contribution in [0.5, 0.6) is 0 Å². The number of Topliss-reactive ketones (excluding diaryl/α,β-unsaturated/α-hetero) is 1. The zero-order chi connectivity index (χ0) is 14.7. The minimum absolute atomic E-state index is 0.0388. The lowest BCUT2D eigenvalue weighted by Gasteiger charge is -2.38. The maximum atomic E-state index is 12.4. The van der Waals surface area contributed by atoms with Gasteiger partial charge in [-0.3, -0.25) is 9.69 Å². The number of nitrogens with zero attached hydrogens (tertiary/aromatic N) is 2. The highest BCUT2D eigenvalue weighted by Crippen LogP contribution is 2.22. The van der Waals surface area contributed by atoms with E-state index in [1.165, 1.54) is 0 Å². The zero-order valence-electron chi connectivity index (χ0n) is 11.9. The summed E-state index contributed by atoms with van der Waals surface area (Å²) in [5, 5.41) is 1.02. The molecule has 5 heteroatoms. The van der Waals surface area contributed by atoms with Gasteiger partial charge >= 0.3 is 0 Å². The third-order valence-corrected chi connectivity index (χ3v) is 4.49. The van der Waals surface area contributed by atoms with Gasteiger partial charge in [-0.1, -0.05) is 30.1 Å². The SMILES string of the molecule is CCC1CN(CC(=O)c2cc(Cl)ccc2Cl)CCN1C. The largest absolute Gasteiger partial charge is 0.301 e. The Labute approximate surface area is 130 Å². The fraction of sp³-hybridized carbons (Fsp3) is 0.533. The number of ketones is 1. The molecule has 0 amide bonds. The van der Waals surface area contributed by atoms with Crippen molar-refractivity contribution in [3.63, 3.8) is 0 Å². The molecule has 1 heterocycles. The lowest BCUT2D eigenvalue weighted by molar-refractivity contribution is 0.0743. The summed E-state index contributed by atoms with van der Waals surface area (Å²) >= 11 is 12.0. The van der Waals surface area contributed by atoms with E-state index in [2.05, 4.69) is 23.8 Å². The molecule has 0 saturated carbocycles. The molecule has 0 spiro atoms. The van der Waals surface area contributed by atoms with Crippen molar-refractivity contribution in [1.82, 2.24) is 9.80 Å². The van der Waals surface area contributed by atoms with Crippen molar-refractivity contribution in [2.75, 3.05) is 33.2 Å². The number of benzene rings is 1. The van der Waals surface area contributed by atoms with Gasteiger partial charge in [0.25, 0.3) is 0 Å². The van der Waals surface area contributed by atoms with Crippen LogP contribution < -0.4 is 0 Å². The molecular weight excluding hydrogens is 295 g/mol.